The van der Waals surface area contributed by atoms with Crippen LogP contribution in [0.25, 0.3) is 0 Å². The number of hydrogen-bond acceptors (Lipinski definition) is 2. The summed E-state index contributed by atoms with van der Waals surface area (Å²) in [6.07, 6.45) is 0. The first-order chi connectivity index (χ1) is 6.07. The zero-order chi connectivity index (χ0) is 10.0. The van der Waals surface area contributed by atoms with Gasteiger partial charge in [-0.3, -0.25) is 4.79 Å². The van der Waals surface area contributed by atoms with E-state index in [1.54, 1.807) is 7.11 Å². The fourth-order valence-corrected chi connectivity index (χ4v) is 1.94. The predicted octanol–water partition coefficient (Wildman–Crippen LogP) is 1.14. The zero-order valence-electron chi connectivity index (χ0n) is 8.91. The van der Waals surface area contributed by atoms with Crippen LogP contribution >= 0.6 is 0 Å². The first-order valence-electron chi connectivity index (χ1n) is 4.86. The van der Waals surface area contributed by atoms with Gasteiger partial charge >= 0.3 is 0 Å². The van der Waals surface area contributed by atoms with Crippen LogP contribution in [0.2, 0.25) is 0 Å². The van der Waals surface area contributed by atoms with Crippen molar-refractivity contribution in [3.05, 3.63) is 0 Å². The number of amides is 1. The molecular weight excluding hydrogens is 166 g/mol. The molecule has 13 heavy (non-hydrogen) atoms. The second-order valence-corrected chi connectivity index (χ2v) is 4.06. The van der Waals surface area contributed by atoms with Crippen molar-refractivity contribution in [3.63, 3.8) is 0 Å². The Morgan fingerprint density at radius 1 is 1.46 bits per heavy atom. The largest absolute Gasteiger partial charge is 0.375 e. The van der Waals surface area contributed by atoms with E-state index >= 15 is 0 Å². The monoisotopic (exact) mass is 185 g/mol. The SMILES string of the molecule is COCC(=O)N1CC(C)C(C)C1C. The maximum absolute atomic E-state index is 11.5. The quantitative estimate of drug-likeness (QED) is 0.645. The number of likely N-dealkylation sites (tertiary alicyclic amines) is 1. The van der Waals surface area contributed by atoms with E-state index < -0.39 is 0 Å². The number of nitrogens with zero attached hydrogens (tertiary/aromatic N) is 1. The van der Waals surface area contributed by atoms with Crippen LogP contribution in [0.1, 0.15) is 20.8 Å². The third kappa shape index (κ3) is 2.02. The molecule has 1 heterocycles. The topological polar surface area (TPSA) is 29.5 Å². The first kappa shape index (κ1) is 10.5. The molecule has 0 bridgehead atoms. The van der Waals surface area contributed by atoms with Gasteiger partial charge in [0, 0.05) is 19.7 Å². The Labute approximate surface area is 80.1 Å². The van der Waals surface area contributed by atoms with E-state index in [4.69, 9.17) is 4.74 Å². The zero-order valence-corrected chi connectivity index (χ0v) is 8.91. The predicted molar refractivity (Wildman–Crippen MR) is 51.4 cm³/mol. The highest BCUT2D eigenvalue weighted by Gasteiger charge is 2.35. The van der Waals surface area contributed by atoms with Gasteiger partial charge in [0.25, 0.3) is 0 Å². The van der Waals surface area contributed by atoms with Crippen LogP contribution in [0.5, 0.6) is 0 Å². The lowest BCUT2D eigenvalue weighted by Gasteiger charge is -2.22. The summed E-state index contributed by atoms with van der Waals surface area (Å²) in [6.45, 7) is 7.60. The minimum atomic E-state index is 0.117. The van der Waals surface area contributed by atoms with Gasteiger partial charge in [-0.05, 0) is 18.8 Å². The highest BCUT2D eigenvalue weighted by atomic mass is 16.5. The Bertz CT molecular complexity index is 193. The molecule has 1 aliphatic heterocycles. The molecule has 1 rings (SSSR count). The molecule has 3 nitrogen and oxygen atoms in total. The number of carbonyl (C=O) groups excluding carboxylic acids is 1. The molecule has 1 amide bonds. The summed E-state index contributed by atoms with van der Waals surface area (Å²) in [4.78, 5) is 13.5. The van der Waals surface area contributed by atoms with Gasteiger partial charge in [-0.15, -0.1) is 0 Å². The molecule has 3 atom stereocenters. The second-order valence-electron chi connectivity index (χ2n) is 4.06. The summed E-state index contributed by atoms with van der Waals surface area (Å²) >= 11 is 0. The van der Waals surface area contributed by atoms with Crippen molar-refractivity contribution in [2.45, 2.75) is 26.8 Å². The lowest BCUT2D eigenvalue weighted by atomic mass is 9.95. The molecule has 0 radical (unpaired) electrons. The Balaban J connectivity index is 2.57. The molecule has 0 aliphatic carbocycles. The molecular formula is C10H19NO2. The first-order valence-corrected chi connectivity index (χ1v) is 4.86. The molecule has 76 valence electrons. The van der Waals surface area contributed by atoms with Crippen LogP contribution in [-0.4, -0.2) is 37.1 Å². The van der Waals surface area contributed by atoms with Gasteiger partial charge in [0.15, 0.2) is 0 Å². The summed E-state index contributed by atoms with van der Waals surface area (Å²) in [6, 6.07) is 0.359. The van der Waals surface area contributed by atoms with E-state index in [0.717, 1.165) is 6.54 Å². The van der Waals surface area contributed by atoms with Crippen molar-refractivity contribution < 1.29 is 9.53 Å². The lowest BCUT2D eigenvalue weighted by molar-refractivity contribution is -0.136. The van der Waals surface area contributed by atoms with Crippen molar-refractivity contribution in [2.24, 2.45) is 11.8 Å². The van der Waals surface area contributed by atoms with Crippen LogP contribution in [-0.2, 0) is 9.53 Å². The molecule has 0 aromatic heterocycles. The second kappa shape index (κ2) is 4.09. The minimum absolute atomic E-state index is 0.117. The van der Waals surface area contributed by atoms with Crippen molar-refractivity contribution >= 4 is 5.91 Å². The molecule has 3 heteroatoms. The van der Waals surface area contributed by atoms with Gasteiger partial charge < -0.3 is 9.64 Å². The Morgan fingerprint density at radius 3 is 2.46 bits per heavy atom. The Morgan fingerprint density at radius 2 is 2.08 bits per heavy atom. The van der Waals surface area contributed by atoms with Crippen LogP contribution < -0.4 is 0 Å². The van der Waals surface area contributed by atoms with Gasteiger partial charge in [-0.2, -0.15) is 0 Å². The molecule has 0 N–H and O–H groups in total. The average Bonchev–Trinajstić information content (AvgIpc) is 2.33. The molecule has 3 unspecified atom stereocenters. The van der Waals surface area contributed by atoms with E-state index in [0.29, 0.717) is 17.9 Å². The van der Waals surface area contributed by atoms with E-state index in [2.05, 4.69) is 20.8 Å². The van der Waals surface area contributed by atoms with E-state index in [9.17, 15) is 4.79 Å². The van der Waals surface area contributed by atoms with Crippen molar-refractivity contribution in [2.75, 3.05) is 20.3 Å². The molecule has 0 saturated carbocycles. The summed E-state index contributed by atoms with van der Waals surface area (Å²) in [5.41, 5.74) is 0. The standard InChI is InChI=1S/C10H19NO2/c1-7-5-11(9(3)8(7)2)10(12)6-13-4/h7-9H,5-6H2,1-4H3. The van der Waals surface area contributed by atoms with Gasteiger partial charge in [-0.1, -0.05) is 13.8 Å². The third-order valence-electron chi connectivity index (χ3n) is 3.22. The van der Waals surface area contributed by atoms with Crippen LogP contribution in [0.3, 0.4) is 0 Å². The highest BCUT2D eigenvalue weighted by molar-refractivity contribution is 5.78. The summed E-state index contributed by atoms with van der Waals surface area (Å²) in [5, 5.41) is 0. The smallest absolute Gasteiger partial charge is 0.248 e. The lowest BCUT2D eigenvalue weighted by Crippen LogP contribution is -2.37. The molecule has 0 spiro atoms. The average molecular weight is 185 g/mol. The number of hydrogen-bond donors (Lipinski definition) is 0. The fraction of sp³-hybridized carbons (Fsp3) is 0.900. The van der Waals surface area contributed by atoms with Crippen LogP contribution in [0, 0.1) is 11.8 Å². The number of rotatable bonds is 2. The third-order valence-corrected chi connectivity index (χ3v) is 3.22. The van der Waals surface area contributed by atoms with Crippen molar-refractivity contribution in [3.8, 4) is 0 Å². The van der Waals surface area contributed by atoms with E-state index in [-0.39, 0.29) is 12.5 Å². The van der Waals surface area contributed by atoms with E-state index in [1.807, 2.05) is 4.90 Å². The summed E-state index contributed by atoms with van der Waals surface area (Å²) in [7, 11) is 1.56. The van der Waals surface area contributed by atoms with Gasteiger partial charge in [0.1, 0.15) is 6.61 Å². The minimum Gasteiger partial charge on any atom is -0.375 e. The Kier molecular flexibility index (Phi) is 3.31. The van der Waals surface area contributed by atoms with Crippen molar-refractivity contribution in [1.82, 2.24) is 4.90 Å². The summed E-state index contributed by atoms with van der Waals surface area (Å²) in [5.74, 6) is 1.32. The molecule has 0 aromatic rings. The number of methoxy groups -OCH3 is 1. The van der Waals surface area contributed by atoms with Gasteiger partial charge in [-0.25, -0.2) is 0 Å². The van der Waals surface area contributed by atoms with Gasteiger partial charge in [0.05, 0.1) is 0 Å². The maximum atomic E-state index is 11.5. The van der Waals surface area contributed by atoms with E-state index in [1.165, 1.54) is 0 Å². The fourth-order valence-electron chi connectivity index (χ4n) is 1.94. The highest BCUT2D eigenvalue weighted by Crippen LogP contribution is 2.28. The normalized spacial score (nSPS) is 33.8. The number of carbonyl (C=O) groups is 1. The molecule has 1 saturated heterocycles. The number of ether oxygens (including phenoxy) is 1. The maximum Gasteiger partial charge on any atom is 0.248 e. The van der Waals surface area contributed by atoms with Crippen LogP contribution in [0.4, 0.5) is 0 Å². The Hall–Kier alpha value is -0.570. The summed E-state index contributed by atoms with van der Waals surface area (Å²) < 4.78 is 4.84. The van der Waals surface area contributed by atoms with Crippen LogP contribution in [0.15, 0.2) is 0 Å². The van der Waals surface area contributed by atoms with Crippen molar-refractivity contribution in [1.29, 1.82) is 0 Å². The molecule has 0 aromatic carbocycles. The van der Waals surface area contributed by atoms with Gasteiger partial charge in [0.2, 0.25) is 5.91 Å². The molecule has 1 fully saturated rings. The molecule has 1 aliphatic rings.